The van der Waals surface area contributed by atoms with E-state index in [0.29, 0.717) is 0 Å². The largest absolute Gasteiger partial charge is 0.321 e. The lowest BCUT2D eigenvalue weighted by atomic mass is 9.88. The van der Waals surface area contributed by atoms with Crippen molar-refractivity contribution in [3.63, 3.8) is 0 Å². The first-order valence-corrected chi connectivity index (χ1v) is 7.14. The van der Waals surface area contributed by atoms with E-state index in [1.807, 2.05) is 18.7 Å². The molecule has 1 atom stereocenters. The molecule has 0 aliphatic rings. The third-order valence-corrected chi connectivity index (χ3v) is 4.54. The molecule has 4 heteroatoms. The molecule has 102 valence electrons. The lowest BCUT2D eigenvalue weighted by Crippen LogP contribution is -2.36. The number of nitrogens with two attached hydrogens (primary N) is 1. The maximum Gasteiger partial charge on any atom is 0.0738 e. The van der Waals surface area contributed by atoms with Gasteiger partial charge in [0.25, 0.3) is 0 Å². The SMILES string of the molecule is Cc1ccc(C(C)(N)Cc2c(Br)c(C)nn2C)cc1. The van der Waals surface area contributed by atoms with Gasteiger partial charge in [-0.25, -0.2) is 0 Å². The Labute approximate surface area is 122 Å². The summed E-state index contributed by atoms with van der Waals surface area (Å²) >= 11 is 3.60. The van der Waals surface area contributed by atoms with Gasteiger partial charge in [-0.15, -0.1) is 0 Å². The molecule has 0 aliphatic heterocycles. The molecule has 1 unspecified atom stereocenters. The molecule has 19 heavy (non-hydrogen) atoms. The van der Waals surface area contributed by atoms with Crippen molar-refractivity contribution in [2.45, 2.75) is 32.7 Å². The number of halogens is 1. The van der Waals surface area contributed by atoms with Crippen molar-refractivity contribution in [2.24, 2.45) is 12.8 Å². The monoisotopic (exact) mass is 321 g/mol. The van der Waals surface area contributed by atoms with Gasteiger partial charge in [0.1, 0.15) is 0 Å². The predicted octanol–water partition coefficient (Wildman–Crippen LogP) is 3.22. The second-order valence-electron chi connectivity index (χ2n) is 5.43. The van der Waals surface area contributed by atoms with Crippen molar-refractivity contribution in [2.75, 3.05) is 0 Å². The van der Waals surface area contributed by atoms with E-state index in [1.54, 1.807) is 0 Å². The van der Waals surface area contributed by atoms with Crippen LogP contribution in [-0.4, -0.2) is 9.78 Å². The zero-order chi connectivity index (χ0) is 14.2. The quantitative estimate of drug-likeness (QED) is 0.943. The molecule has 2 rings (SSSR count). The number of aryl methyl sites for hydroxylation is 3. The Morgan fingerprint density at radius 2 is 1.84 bits per heavy atom. The second kappa shape index (κ2) is 5.10. The zero-order valence-electron chi connectivity index (χ0n) is 11.9. The lowest BCUT2D eigenvalue weighted by Gasteiger charge is -2.25. The number of hydrogen-bond donors (Lipinski definition) is 1. The minimum Gasteiger partial charge on any atom is -0.321 e. The molecule has 0 radical (unpaired) electrons. The first-order chi connectivity index (χ1) is 8.81. The molecule has 1 heterocycles. The summed E-state index contributed by atoms with van der Waals surface area (Å²) < 4.78 is 2.96. The van der Waals surface area contributed by atoms with Crippen molar-refractivity contribution >= 4 is 15.9 Å². The Balaban J connectivity index is 2.33. The summed E-state index contributed by atoms with van der Waals surface area (Å²) in [5, 5.41) is 4.42. The van der Waals surface area contributed by atoms with Crippen LogP contribution in [0, 0.1) is 13.8 Å². The second-order valence-corrected chi connectivity index (χ2v) is 6.22. The molecule has 0 amide bonds. The number of benzene rings is 1. The molecule has 3 nitrogen and oxygen atoms in total. The van der Waals surface area contributed by atoms with Crippen LogP contribution in [-0.2, 0) is 19.0 Å². The van der Waals surface area contributed by atoms with E-state index in [-0.39, 0.29) is 0 Å². The first kappa shape index (κ1) is 14.3. The topological polar surface area (TPSA) is 43.8 Å². The molecule has 2 aromatic rings. The highest BCUT2D eigenvalue weighted by atomic mass is 79.9. The van der Waals surface area contributed by atoms with E-state index in [4.69, 9.17) is 5.73 Å². The molecule has 0 saturated heterocycles. The highest BCUT2D eigenvalue weighted by Crippen LogP contribution is 2.28. The summed E-state index contributed by atoms with van der Waals surface area (Å²) in [6, 6.07) is 8.41. The average Bonchev–Trinajstić information content (AvgIpc) is 2.56. The van der Waals surface area contributed by atoms with Crippen LogP contribution < -0.4 is 5.73 Å². The fraction of sp³-hybridized carbons (Fsp3) is 0.400. The van der Waals surface area contributed by atoms with Crippen LogP contribution in [0.2, 0.25) is 0 Å². The third kappa shape index (κ3) is 2.90. The van der Waals surface area contributed by atoms with Gasteiger partial charge in [-0.05, 0) is 42.3 Å². The van der Waals surface area contributed by atoms with Gasteiger partial charge in [0.05, 0.1) is 15.9 Å². The van der Waals surface area contributed by atoms with Crippen LogP contribution >= 0.6 is 15.9 Å². The molecule has 0 saturated carbocycles. The smallest absolute Gasteiger partial charge is 0.0738 e. The maximum atomic E-state index is 6.51. The zero-order valence-corrected chi connectivity index (χ0v) is 13.5. The van der Waals surface area contributed by atoms with Crippen LogP contribution in [0.3, 0.4) is 0 Å². The molecular formula is C15H20BrN3. The van der Waals surface area contributed by atoms with Crippen molar-refractivity contribution < 1.29 is 0 Å². The molecule has 0 fully saturated rings. The van der Waals surface area contributed by atoms with Crippen LogP contribution in [0.25, 0.3) is 0 Å². The van der Waals surface area contributed by atoms with Gasteiger partial charge in [-0.3, -0.25) is 4.68 Å². The Morgan fingerprint density at radius 3 is 2.32 bits per heavy atom. The number of aromatic nitrogens is 2. The summed E-state index contributed by atoms with van der Waals surface area (Å²) in [7, 11) is 1.96. The van der Waals surface area contributed by atoms with Gasteiger partial charge in [-0.1, -0.05) is 29.8 Å². The number of rotatable bonds is 3. The molecule has 1 aromatic heterocycles. The van der Waals surface area contributed by atoms with Crippen LogP contribution in [0.15, 0.2) is 28.7 Å². The van der Waals surface area contributed by atoms with Gasteiger partial charge < -0.3 is 5.73 Å². The van der Waals surface area contributed by atoms with E-state index < -0.39 is 5.54 Å². The summed E-state index contributed by atoms with van der Waals surface area (Å²) in [5.74, 6) is 0. The summed E-state index contributed by atoms with van der Waals surface area (Å²) in [4.78, 5) is 0. The maximum absolute atomic E-state index is 6.51. The minimum absolute atomic E-state index is 0.406. The average molecular weight is 322 g/mol. The van der Waals surface area contributed by atoms with E-state index in [0.717, 1.165) is 27.8 Å². The first-order valence-electron chi connectivity index (χ1n) is 6.35. The van der Waals surface area contributed by atoms with E-state index in [2.05, 4.69) is 59.1 Å². The van der Waals surface area contributed by atoms with E-state index in [9.17, 15) is 0 Å². The van der Waals surface area contributed by atoms with Gasteiger partial charge >= 0.3 is 0 Å². The standard InChI is InChI=1S/C15H20BrN3/c1-10-5-7-12(8-6-10)15(3,17)9-13-14(16)11(2)18-19(13)4/h5-8H,9,17H2,1-4H3. The Hall–Kier alpha value is -1.13. The molecule has 0 aliphatic carbocycles. The number of nitrogens with zero attached hydrogens (tertiary/aromatic N) is 2. The third-order valence-electron chi connectivity index (χ3n) is 3.51. The molecule has 1 aromatic carbocycles. The van der Waals surface area contributed by atoms with Crippen LogP contribution in [0.1, 0.15) is 29.4 Å². The van der Waals surface area contributed by atoms with Crippen molar-refractivity contribution in [3.05, 3.63) is 51.3 Å². The van der Waals surface area contributed by atoms with E-state index in [1.165, 1.54) is 5.56 Å². The summed E-state index contributed by atoms with van der Waals surface area (Å²) in [5.41, 5.74) is 10.6. The van der Waals surface area contributed by atoms with Crippen molar-refractivity contribution in [1.82, 2.24) is 9.78 Å². The van der Waals surface area contributed by atoms with Crippen molar-refractivity contribution in [3.8, 4) is 0 Å². The van der Waals surface area contributed by atoms with Gasteiger partial charge in [0.2, 0.25) is 0 Å². The lowest BCUT2D eigenvalue weighted by molar-refractivity contribution is 0.471. The van der Waals surface area contributed by atoms with Gasteiger partial charge in [0.15, 0.2) is 0 Å². The van der Waals surface area contributed by atoms with Gasteiger partial charge in [-0.2, -0.15) is 5.10 Å². The summed E-state index contributed by atoms with van der Waals surface area (Å²) in [6.07, 6.45) is 0.744. The molecule has 0 spiro atoms. The van der Waals surface area contributed by atoms with Gasteiger partial charge in [0, 0.05) is 19.0 Å². The molecule has 2 N–H and O–H groups in total. The molecule has 0 bridgehead atoms. The van der Waals surface area contributed by atoms with Crippen LogP contribution in [0.5, 0.6) is 0 Å². The Kier molecular flexibility index (Phi) is 3.83. The normalized spacial score (nSPS) is 14.4. The highest BCUT2D eigenvalue weighted by Gasteiger charge is 2.25. The molecular weight excluding hydrogens is 302 g/mol. The highest BCUT2D eigenvalue weighted by molar-refractivity contribution is 9.10. The fourth-order valence-electron chi connectivity index (χ4n) is 2.26. The fourth-order valence-corrected chi connectivity index (χ4v) is 2.73. The Bertz CT molecular complexity index is 582. The van der Waals surface area contributed by atoms with Crippen molar-refractivity contribution in [1.29, 1.82) is 0 Å². The van der Waals surface area contributed by atoms with Crippen LogP contribution in [0.4, 0.5) is 0 Å². The minimum atomic E-state index is -0.406. The summed E-state index contributed by atoms with van der Waals surface area (Å²) in [6.45, 7) is 6.14. The van der Waals surface area contributed by atoms with E-state index >= 15 is 0 Å². The predicted molar refractivity (Wildman–Crippen MR) is 82.1 cm³/mol. The Morgan fingerprint density at radius 1 is 1.26 bits per heavy atom. The number of hydrogen-bond acceptors (Lipinski definition) is 2.